The molecule has 0 aromatic heterocycles. The summed E-state index contributed by atoms with van der Waals surface area (Å²) in [7, 11) is 1.59. The molecule has 0 radical (unpaired) electrons. The zero-order valence-electron chi connectivity index (χ0n) is 20.2. The highest BCUT2D eigenvalue weighted by Gasteiger charge is 2.47. The van der Waals surface area contributed by atoms with Gasteiger partial charge in [0.25, 0.3) is 5.91 Å². The zero-order valence-corrected chi connectivity index (χ0v) is 20.2. The first-order valence-corrected chi connectivity index (χ1v) is 11.8. The lowest BCUT2D eigenvalue weighted by molar-refractivity contribution is -0.150. The van der Waals surface area contributed by atoms with Gasteiger partial charge in [-0.05, 0) is 41.0 Å². The maximum Gasteiger partial charge on any atom is 0.330 e. The van der Waals surface area contributed by atoms with E-state index in [0.717, 1.165) is 16.7 Å². The van der Waals surface area contributed by atoms with Crippen LogP contribution >= 0.6 is 0 Å². The quantitative estimate of drug-likeness (QED) is 0.319. The fourth-order valence-electron chi connectivity index (χ4n) is 4.45. The molecule has 182 valence electrons. The van der Waals surface area contributed by atoms with Gasteiger partial charge < -0.3 is 14.7 Å². The largest absolute Gasteiger partial charge is 0.497 e. The SMILES string of the molecule is COc1ccc(CN(C(=O)c2ccccc2)C(Cc2ccccc2)(Cc2ccccc2)C(=O)O)cc1. The van der Waals surface area contributed by atoms with Crippen LogP contribution in [-0.4, -0.2) is 34.5 Å². The molecule has 0 aliphatic carbocycles. The molecule has 0 saturated heterocycles. The second kappa shape index (κ2) is 11.4. The van der Waals surface area contributed by atoms with Crippen molar-refractivity contribution in [3.63, 3.8) is 0 Å². The van der Waals surface area contributed by atoms with Crippen LogP contribution < -0.4 is 4.74 Å². The number of amides is 1. The first kappa shape index (κ1) is 24.7. The van der Waals surface area contributed by atoms with E-state index in [0.29, 0.717) is 11.3 Å². The second-order valence-corrected chi connectivity index (χ2v) is 8.77. The number of methoxy groups -OCH3 is 1. The molecular weight excluding hydrogens is 450 g/mol. The summed E-state index contributed by atoms with van der Waals surface area (Å²) >= 11 is 0. The lowest BCUT2D eigenvalue weighted by Gasteiger charge is -2.41. The molecule has 0 spiro atoms. The number of carbonyl (C=O) groups is 2. The fraction of sp³-hybridized carbons (Fsp3) is 0.161. The predicted molar refractivity (Wildman–Crippen MR) is 140 cm³/mol. The van der Waals surface area contributed by atoms with Crippen molar-refractivity contribution >= 4 is 11.9 Å². The van der Waals surface area contributed by atoms with E-state index in [1.165, 1.54) is 4.90 Å². The van der Waals surface area contributed by atoms with Crippen LogP contribution in [0, 0.1) is 0 Å². The van der Waals surface area contributed by atoms with Crippen LogP contribution in [0.2, 0.25) is 0 Å². The zero-order chi connectivity index (χ0) is 25.4. The minimum Gasteiger partial charge on any atom is -0.497 e. The van der Waals surface area contributed by atoms with Crippen molar-refractivity contribution in [1.82, 2.24) is 4.90 Å². The molecule has 0 fully saturated rings. The van der Waals surface area contributed by atoms with Gasteiger partial charge in [0.1, 0.15) is 11.3 Å². The van der Waals surface area contributed by atoms with Gasteiger partial charge in [0.15, 0.2) is 0 Å². The molecule has 5 nitrogen and oxygen atoms in total. The lowest BCUT2D eigenvalue weighted by Crippen LogP contribution is -2.59. The molecule has 4 aromatic carbocycles. The van der Waals surface area contributed by atoms with Crippen LogP contribution in [0.5, 0.6) is 5.75 Å². The molecule has 0 unspecified atom stereocenters. The van der Waals surface area contributed by atoms with Gasteiger partial charge in [0.05, 0.1) is 7.11 Å². The van der Waals surface area contributed by atoms with E-state index in [9.17, 15) is 14.7 Å². The Bertz CT molecular complexity index is 1230. The smallest absolute Gasteiger partial charge is 0.330 e. The van der Waals surface area contributed by atoms with Gasteiger partial charge in [0.2, 0.25) is 0 Å². The monoisotopic (exact) mass is 479 g/mol. The number of carboxylic acid groups (broad SMARTS) is 1. The van der Waals surface area contributed by atoms with E-state index in [1.54, 1.807) is 31.4 Å². The van der Waals surface area contributed by atoms with Crippen LogP contribution in [0.4, 0.5) is 0 Å². The Morgan fingerprint density at radius 3 is 1.61 bits per heavy atom. The van der Waals surface area contributed by atoms with Gasteiger partial charge >= 0.3 is 5.97 Å². The molecule has 0 aliphatic rings. The van der Waals surface area contributed by atoms with Crippen molar-refractivity contribution < 1.29 is 19.4 Å². The summed E-state index contributed by atoms with van der Waals surface area (Å²) < 4.78 is 5.28. The Labute approximate surface area is 211 Å². The lowest BCUT2D eigenvalue weighted by atomic mass is 9.82. The highest BCUT2D eigenvalue weighted by atomic mass is 16.5. The number of carboxylic acids is 1. The van der Waals surface area contributed by atoms with Gasteiger partial charge in [0, 0.05) is 24.9 Å². The minimum atomic E-state index is -1.53. The number of nitrogens with zero attached hydrogens (tertiary/aromatic N) is 1. The number of hydrogen-bond acceptors (Lipinski definition) is 3. The van der Waals surface area contributed by atoms with E-state index in [1.807, 2.05) is 91.0 Å². The Hall–Kier alpha value is -4.38. The van der Waals surface area contributed by atoms with Crippen LogP contribution in [0.25, 0.3) is 0 Å². The van der Waals surface area contributed by atoms with Crippen LogP contribution in [0.1, 0.15) is 27.0 Å². The predicted octanol–water partition coefficient (Wildman–Crippen LogP) is 5.65. The molecule has 36 heavy (non-hydrogen) atoms. The molecule has 0 bridgehead atoms. The standard InChI is InChI=1S/C31H29NO4/c1-36-28-19-17-26(18-20-28)23-32(29(33)27-15-9-4-10-16-27)31(30(34)35,21-24-11-5-2-6-12-24)22-25-13-7-3-8-14-25/h2-20H,21-23H2,1H3,(H,34,35). The molecule has 1 amide bonds. The molecule has 5 heteroatoms. The highest BCUT2D eigenvalue weighted by Crippen LogP contribution is 2.31. The summed E-state index contributed by atoms with van der Waals surface area (Å²) in [5.74, 6) is -0.688. The molecule has 4 aromatic rings. The summed E-state index contributed by atoms with van der Waals surface area (Å²) in [6, 6.07) is 35.2. The highest BCUT2D eigenvalue weighted by molar-refractivity contribution is 5.98. The Morgan fingerprint density at radius 2 is 1.17 bits per heavy atom. The number of rotatable bonds is 10. The number of benzene rings is 4. The van der Waals surface area contributed by atoms with Gasteiger partial charge in [-0.1, -0.05) is 91.0 Å². The van der Waals surface area contributed by atoms with E-state index in [2.05, 4.69) is 0 Å². The number of carbonyl (C=O) groups excluding carboxylic acids is 1. The third-order valence-electron chi connectivity index (χ3n) is 6.36. The van der Waals surface area contributed by atoms with Crippen LogP contribution in [0.3, 0.4) is 0 Å². The summed E-state index contributed by atoms with van der Waals surface area (Å²) in [5.41, 5.74) is 1.41. The summed E-state index contributed by atoms with van der Waals surface area (Å²) in [5, 5.41) is 10.9. The molecule has 0 aliphatic heterocycles. The number of aliphatic carboxylic acids is 1. The van der Waals surface area contributed by atoms with Gasteiger partial charge in [-0.2, -0.15) is 0 Å². The van der Waals surface area contributed by atoms with Gasteiger partial charge in [-0.3, -0.25) is 4.79 Å². The van der Waals surface area contributed by atoms with E-state index in [4.69, 9.17) is 4.74 Å². The van der Waals surface area contributed by atoms with Crippen molar-refractivity contribution in [2.75, 3.05) is 7.11 Å². The van der Waals surface area contributed by atoms with E-state index < -0.39 is 11.5 Å². The summed E-state index contributed by atoms with van der Waals surface area (Å²) in [6.07, 6.45) is 0.319. The van der Waals surface area contributed by atoms with Crippen LogP contribution in [-0.2, 0) is 24.2 Å². The van der Waals surface area contributed by atoms with Gasteiger partial charge in [-0.25, -0.2) is 4.79 Å². The summed E-state index contributed by atoms with van der Waals surface area (Å²) in [6.45, 7) is 0.129. The maximum absolute atomic E-state index is 14.0. The second-order valence-electron chi connectivity index (χ2n) is 8.77. The molecule has 0 atom stereocenters. The first-order valence-electron chi connectivity index (χ1n) is 11.8. The molecular formula is C31H29NO4. The first-order chi connectivity index (χ1) is 17.5. The minimum absolute atomic E-state index is 0.129. The van der Waals surface area contributed by atoms with E-state index in [-0.39, 0.29) is 25.3 Å². The van der Waals surface area contributed by atoms with E-state index >= 15 is 0 Å². The molecule has 4 rings (SSSR count). The van der Waals surface area contributed by atoms with Crippen molar-refractivity contribution in [1.29, 1.82) is 0 Å². The Morgan fingerprint density at radius 1 is 0.694 bits per heavy atom. The Kier molecular flexibility index (Phi) is 7.81. The molecule has 0 heterocycles. The van der Waals surface area contributed by atoms with Crippen molar-refractivity contribution in [3.8, 4) is 5.75 Å². The van der Waals surface area contributed by atoms with Crippen molar-refractivity contribution in [2.24, 2.45) is 0 Å². The van der Waals surface area contributed by atoms with Gasteiger partial charge in [-0.15, -0.1) is 0 Å². The fourth-order valence-corrected chi connectivity index (χ4v) is 4.45. The maximum atomic E-state index is 14.0. The summed E-state index contributed by atoms with van der Waals surface area (Å²) in [4.78, 5) is 28.8. The van der Waals surface area contributed by atoms with Crippen molar-refractivity contribution in [3.05, 3.63) is 138 Å². The Balaban J connectivity index is 1.87. The molecule has 0 saturated carbocycles. The molecule has 1 N–H and O–H groups in total. The third kappa shape index (κ3) is 5.63. The average Bonchev–Trinajstić information content (AvgIpc) is 2.93. The topological polar surface area (TPSA) is 66.8 Å². The van der Waals surface area contributed by atoms with Crippen LogP contribution in [0.15, 0.2) is 115 Å². The van der Waals surface area contributed by atoms with Crippen molar-refractivity contribution in [2.45, 2.75) is 24.9 Å². The normalized spacial score (nSPS) is 11.0. The number of hydrogen-bond donors (Lipinski definition) is 1. The average molecular weight is 480 g/mol. The number of ether oxygens (including phenoxy) is 1. The third-order valence-corrected chi connectivity index (χ3v) is 6.36.